The molecule has 2 unspecified atom stereocenters. The van der Waals surface area contributed by atoms with Crippen LogP contribution in [0.5, 0.6) is 0 Å². The first-order chi connectivity index (χ1) is 12.1. The van der Waals surface area contributed by atoms with Crippen molar-refractivity contribution < 1.29 is 19.8 Å². The third-order valence-electron chi connectivity index (χ3n) is 4.52. The molecule has 0 heterocycles. The van der Waals surface area contributed by atoms with Crippen molar-refractivity contribution >= 4 is 11.9 Å². The average Bonchev–Trinajstić information content (AvgIpc) is 2.62. The molecule has 4 nitrogen and oxygen atoms in total. The second kappa shape index (κ2) is 9.62. The summed E-state index contributed by atoms with van der Waals surface area (Å²) < 4.78 is 0. The molecular weight excluding hydrogens is 316 g/mol. The van der Waals surface area contributed by atoms with E-state index in [1.54, 1.807) is 0 Å². The van der Waals surface area contributed by atoms with E-state index in [0.29, 0.717) is 25.7 Å². The predicted molar refractivity (Wildman–Crippen MR) is 96.4 cm³/mol. The van der Waals surface area contributed by atoms with Crippen molar-refractivity contribution in [2.75, 3.05) is 0 Å². The summed E-state index contributed by atoms with van der Waals surface area (Å²) in [6, 6.07) is 19.4. The molecule has 0 amide bonds. The molecule has 2 N–H and O–H groups in total. The fraction of sp³-hybridized carbons (Fsp3) is 0.333. The van der Waals surface area contributed by atoms with Crippen LogP contribution in [0.15, 0.2) is 60.7 Å². The largest absolute Gasteiger partial charge is 0.481 e. The summed E-state index contributed by atoms with van der Waals surface area (Å²) in [7, 11) is 0. The van der Waals surface area contributed by atoms with Crippen molar-refractivity contribution in [3.8, 4) is 0 Å². The summed E-state index contributed by atoms with van der Waals surface area (Å²) in [6.45, 7) is 0. The first-order valence-electron chi connectivity index (χ1n) is 8.59. The molecule has 0 aromatic heterocycles. The van der Waals surface area contributed by atoms with Gasteiger partial charge < -0.3 is 10.2 Å². The Balaban J connectivity index is 1.93. The van der Waals surface area contributed by atoms with Gasteiger partial charge in [-0.1, -0.05) is 60.7 Å². The zero-order valence-electron chi connectivity index (χ0n) is 14.2. The van der Waals surface area contributed by atoms with Gasteiger partial charge in [-0.2, -0.15) is 0 Å². The Hall–Kier alpha value is -2.62. The Bertz CT molecular complexity index is 607. The Morgan fingerprint density at radius 2 is 1.04 bits per heavy atom. The van der Waals surface area contributed by atoms with Crippen molar-refractivity contribution in [2.24, 2.45) is 11.8 Å². The van der Waals surface area contributed by atoms with Crippen LogP contribution in [0.1, 0.15) is 30.4 Å². The lowest BCUT2D eigenvalue weighted by molar-refractivity contribution is -0.146. The monoisotopic (exact) mass is 340 g/mol. The molecule has 4 heteroatoms. The van der Waals surface area contributed by atoms with Gasteiger partial charge in [0.2, 0.25) is 0 Å². The molecular formula is C21H24O4. The maximum atomic E-state index is 11.6. The highest BCUT2D eigenvalue weighted by Crippen LogP contribution is 2.23. The van der Waals surface area contributed by atoms with E-state index in [1.165, 1.54) is 0 Å². The van der Waals surface area contributed by atoms with Gasteiger partial charge in [-0.05, 0) is 43.2 Å². The van der Waals surface area contributed by atoms with Crippen LogP contribution in [0.25, 0.3) is 0 Å². The molecule has 2 aromatic carbocycles. The number of carboxylic acid groups (broad SMARTS) is 2. The first kappa shape index (κ1) is 18.7. The van der Waals surface area contributed by atoms with E-state index >= 15 is 0 Å². The van der Waals surface area contributed by atoms with Gasteiger partial charge in [0.05, 0.1) is 11.8 Å². The Morgan fingerprint density at radius 1 is 0.680 bits per heavy atom. The number of aliphatic carboxylic acids is 2. The second-order valence-electron chi connectivity index (χ2n) is 6.35. The molecule has 0 aliphatic rings. The number of hydrogen-bond acceptors (Lipinski definition) is 2. The Kier molecular flexibility index (Phi) is 7.20. The maximum absolute atomic E-state index is 11.6. The molecule has 0 fully saturated rings. The average molecular weight is 340 g/mol. The van der Waals surface area contributed by atoms with Gasteiger partial charge in [-0.25, -0.2) is 0 Å². The minimum Gasteiger partial charge on any atom is -0.481 e. The highest BCUT2D eigenvalue weighted by atomic mass is 16.4. The third-order valence-corrected chi connectivity index (χ3v) is 4.52. The summed E-state index contributed by atoms with van der Waals surface area (Å²) in [5, 5.41) is 18.9. The first-order valence-corrected chi connectivity index (χ1v) is 8.59. The minimum absolute atomic E-state index is 0.171. The van der Waals surface area contributed by atoms with Crippen LogP contribution in [0.2, 0.25) is 0 Å². The number of carbonyl (C=O) groups is 2. The van der Waals surface area contributed by atoms with Crippen molar-refractivity contribution in [3.05, 3.63) is 71.8 Å². The van der Waals surface area contributed by atoms with Crippen molar-refractivity contribution in [2.45, 2.75) is 32.1 Å². The van der Waals surface area contributed by atoms with Gasteiger partial charge in [-0.3, -0.25) is 9.59 Å². The minimum atomic E-state index is -0.915. The Labute approximate surface area is 148 Å². The zero-order chi connectivity index (χ0) is 18.1. The molecule has 0 radical (unpaired) electrons. The molecule has 0 saturated carbocycles. The van der Waals surface area contributed by atoms with Crippen molar-refractivity contribution in [1.82, 2.24) is 0 Å². The number of rotatable bonds is 10. The van der Waals surface area contributed by atoms with E-state index in [4.69, 9.17) is 0 Å². The van der Waals surface area contributed by atoms with Crippen LogP contribution < -0.4 is 0 Å². The molecule has 0 aliphatic heterocycles. The molecule has 0 saturated heterocycles. The van der Waals surface area contributed by atoms with Crippen molar-refractivity contribution in [1.29, 1.82) is 0 Å². The molecule has 2 aromatic rings. The van der Waals surface area contributed by atoms with Gasteiger partial charge in [0.15, 0.2) is 0 Å². The lowest BCUT2D eigenvalue weighted by Gasteiger charge is -2.18. The normalized spacial score (nSPS) is 13.1. The molecule has 0 bridgehead atoms. The standard InChI is InChI=1S/C21H24O4/c22-20(23)18(13-11-16-7-3-1-4-8-16)15-19(21(24)25)14-12-17-9-5-2-6-10-17/h1-10,18-19H,11-15H2,(H,22,23)(H,24,25). The topological polar surface area (TPSA) is 74.6 Å². The van der Waals surface area contributed by atoms with E-state index in [0.717, 1.165) is 11.1 Å². The summed E-state index contributed by atoms with van der Waals surface area (Å²) in [6.07, 6.45) is 2.36. The molecule has 25 heavy (non-hydrogen) atoms. The summed E-state index contributed by atoms with van der Waals surface area (Å²) in [5.41, 5.74) is 2.15. The summed E-state index contributed by atoms with van der Waals surface area (Å²) in [4.78, 5) is 23.1. The quantitative estimate of drug-likeness (QED) is 0.684. The summed E-state index contributed by atoms with van der Waals surface area (Å²) in [5.74, 6) is -3.11. The second-order valence-corrected chi connectivity index (χ2v) is 6.35. The fourth-order valence-corrected chi connectivity index (χ4v) is 3.00. The smallest absolute Gasteiger partial charge is 0.306 e. The SMILES string of the molecule is O=C(O)C(CCc1ccccc1)CC(CCc1ccccc1)C(=O)O. The van der Waals surface area contributed by atoms with Crippen LogP contribution in [0, 0.1) is 11.8 Å². The van der Waals surface area contributed by atoms with Crippen LogP contribution in [0.3, 0.4) is 0 Å². The van der Waals surface area contributed by atoms with Crippen LogP contribution >= 0.6 is 0 Å². The van der Waals surface area contributed by atoms with Crippen molar-refractivity contribution in [3.63, 3.8) is 0 Å². The van der Waals surface area contributed by atoms with Gasteiger partial charge >= 0.3 is 11.9 Å². The molecule has 0 spiro atoms. The van der Waals surface area contributed by atoms with E-state index in [9.17, 15) is 19.8 Å². The molecule has 132 valence electrons. The van der Waals surface area contributed by atoms with E-state index < -0.39 is 23.8 Å². The number of carboxylic acids is 2. The lowest BCUT2D eigenvalue weighted by atomic mass is 9.86. The van der Waals surface area contributed by atoms with Gasteiger partial charge in [0, 0.05) is 0 Å². The fourth-order valence-electron chi connectivity index (χ4n) is 3.00. The van der Waals surface area contributed by atoms with E-state index in [1.807, 2.05) is 60.7 Å². The van der Waals surface area contributed by atoms with Crippen LogP contribution in [-0.4, -0.2) is 22.2 Å². The number of aryl methyl sites for hydroxylation is 2. The highest BCUT2D eigenvalue weighted by molar-refractivity contribution is 5.73. The molecule has 0 aliphatic carbocycles. The maximum Gasteiger partial charge on any atom is 0.306 e. The molecule has 2 atom stereocenters. The Morgan fingerprint density at radius 3 is 1.36 bits per heavy atom. The van der Waals surface area contributed by atoms with E-state index in [2.05, 4.69) is 0 Å². The van der Waals surface area contributed by atoms with Crippen LogP contribution in [-0.2, 0) is 22.4 Å². The number of benzene rings is 2. The lowest BCUT2D eigenvalue weighted by Crippen LogP contribution is -2.24. The number of hydrogen-bond donors (Lipinski definition) is 2. The van der Waals surface area contributed by atoms with Gasteiger partial charge in [-0.15, -0.1) is 0 Å². The molecule has 2 rings (SSSR count). The van der Waals surface area contributed by atoms with Gasteiger partial charge in [0.25, 0.3) is 0 Å². The van der Waals surface area contributed by atoms with E-state index in [-0.39, 0.29) is 6.42 Å². The zero-order valence-corrected chi connectivity index (χ0v) is 14.2. The highest BCUT2D eigenvalue weighted by Gasteiger charge is 2.26. The third kappa shape index (κ3) is 6.42. The van der Waals surface area contributed by atoms with Crippen LogP contribution in [0.4, 0.5) is 0 Å². The van der Waals surface area contributed by atoms with Gasteiger partial charge in [0.1, 0.15) is 0 Å². The summed E-state index contributed by atoms with van der Waals surface area (Å²) >= 11 is 0. The predicted octanol–water partition coefficient (Wildman–Crippen LogP) is 4.04.